The van der Waals surface area contributed by atoms with Gasteiger partial charge in [-0.25, -0.2) is 5.06 Å². The van der Waals surface area contributed by atoms with Crippen LogP contribution in [0.4, 0.5) is 17.8 Å². The van der Waals surface area contributed by atoms with Gasteiger partial charge in [-0.3, -0.25) is 5.21 Å². The molecule has 0 spiro atoms. The Bertz CT molecular complexity index is 381. The van der Waals surface area contributed by atoms with Crippen LogP contribution >= 0.6 is 0 Å². The second-order valence-corrected chi connectivity index (χ2v) is 3.86. The third kappa shape index (κ3) is 2.75. The predicted octanol–water partition coefficient (Wildman–Crippen LogP) is -0.532. The number of aromatic nitrogens is 3. The van der Waals surface area contributed by atoms with E-state index in [0.717, 1.165) is 5.06 Å². The lowest BCUT2D eigenvalue weighted by atomic mass is 10.4. The van der Waals surface area contributed by atoms with Crippen LogP contribution in [0.1, 0.15) is 0 Å². The molecular weight excluding hydrogens is 240 g/mol. The van der Waals surface area contributed by atoms with Crippen LogP contribution in [0.15, 0.2) is 0 Å². The first kappa shape index (κ1) is 12.7. The van der Waals surface area contributed by atoms with Gasteiger partial charge in [-0.15, -0.1) is 0 Å². The molecule has 1 aliphatic heterocycles. The molecule has 0 aromatic carbocycles. The van der Waals surface area contributed by atoms with Gasteiger partial charge in [0.2, 0.25) is 11.9 Å². The van der Waals surface area contributed by atoms with Crippen LogP contribution in [0.2, 0.25) is 0 Å². The Kier molecular flexibility index (Phi) is 3.75. The number of ether oxygens (including phenoxy) is 1. The second-order valence-electron chi connectivity index (χ2n) is 3.86. The van der Waals surface area contributed by atoms with Gasteiger partial charge in [-0.1, -0.05) is 0 Å². The highest BCUT2D eigenvalue weighted by atomic mass is 16.5. The average molecular weight is 255 g/mol. The molecule has 0 bridgehead atoms. The fraction of sp³-hybridized carbons (Fsp3) is 0.667. The van der Waals surface area contributed by atoms with Crippen LogP contribution in [0, 0.1) is 5.21 Å². The van der Waals surface area contributed by atoms with Gasteiger partial charge in [0.25, 0.3) is 5.95 Å². The summed E-state index contributed by atoms with van der Waals surface area (Å²) < 4.78 is 5.23. The number of hydrogen-bond donors (Lipinski definition) is 1. The van der Waals surface area contributed by atoms with Gasteiger partial charge in [0.15, 0.2) is 0 Å². The molecule has 0 atom stereocenters. The van der Waals surface area contributed by atoms with Crippen molar-refractivity contribution < 1.29 is 9.94 Å². The normalized spacial score (nSPS) is 15.7. The highest BCUT2D eigenvalue weighted by molar-refractivity contribution is 5.45. The van der Waals surface area contributed by atoms with Crippen molar-refractivity contribution in [2.24, 2.45) is 0 Å². The van der Waals surface area contributed by atoms with Gasteiger partial charge in [0, 0.05) is 20.1 Å². The number of anilines is 3. The standard InChI is InChI=1S/C9H15N6O3/c1-13(16)7-10-8(14(2)17)12-9(11-7)15-3-5-18-6-4-15/h16H,3-6H2,1-2H3/q-1. The van der Waals surface area contributed by atoms with E-state index in [1.807, 2.05) is 4.90 Å². The molecule has 9 nitrogen and oxygen atoms in total. The summed E-state index contributed by atoms with van der Waals surface area (Å²) in [5, 5.41) is 21.9. The maximum atomic E-state index is 11.3. The number of rotatable bonds is 3. The minimum atomic E-state index is -0.0395. The molecule has 1 aromatic heterocycles. The summed E-state index contributed by atoms with van der Waals surface area (Å²) in [6.07, 6.45) is 0. The van der Waals surface area contributed by atoms with E-state index in [1.54, 1.807) is 0 Å². The topological polar surface area (TPSA) is 101 Å². The molecule has 1 N–H and O–H groups in total. The maximum absolute atomic E-state index is 11.3. The van der Waals surface area contributed by atoms with Gasteiger partial charge in [0.05, 0.1) is 13.2 Å². The fourth-order valence-electron chi connectivity index (χ4n) is 1.53. The smallest absolute Gasteiger partial charge is 0.255 e. The zero-order valence-corrected chi connectivity index (χ0v) is 10.3. The highest BCUT2D eigenvalue weighted by Crippen LogP contribution is 2.17. The first-order chi connectivity index (χ1) is 8.58. The molecular formula is C9H15N6O3-. The molecule has 2 rings (SSSR count). The zero-order valence-electron chi connectivity index (χ0n) is 10.3. The van der Waals surface area contributed by atoms with Gasteiger partial charge in [-0.2, -0.15) is 15.0 Å². The van der Waals surface area contributed by atoms with Crippen molar-refractivity contribution in [1.29, 1.82) is 0 Å². The van der Waals surface area contributed by atoms with Crippen LogP contribution < -0.4 is 15.0 Å². The van der Waals surface area contributed by atoms with E-state index in [-0.39, 0.29) is 11.9 Å². The van der Waals surface area contributed by atoms with Crippen molar-refractivity contribution in [3.63, 3.8) is 0 Å². The fourth-order valence-corrected chi connectivity index (χ4v) is 1.53. The SMILES string of the molecule is CN([O-])c1nc(N(C)O)nc(N2CCOCC2)n1. The number of hydrogen-bond acceptors (Lipinski definition) is 9. The number of hydroxylamine groups is 2. The molecule has 0 aliphatic carbocycles. The lowest BCUT2D eigenvalue weighted by Crippen LogP contribution is -2.38. The van der Waals surface area contributed by atoms with Crippen molar-refractivity contribution in [2.45, 2.75) is 0 Å². The van der Waals surface area contributed by atoms with E-state index in [4.69, 9.17) is 4.74 Å². The molecule has 100 valence electrons. The Balaban J connectivity index is 2.32. The molecule has 0 radical (unpaired) electrons. The lowest BCUT2D eigenvalue weighted by molar-refractivity contribution is 0.122. The molecule has 0 unspecified atom stereocenters. The molecule has 0 amide bonds. The van der Waals surface area contributed by atoms with E-state index in [2.05, 4.69) is 15.0 Å². The average Bonchev–Trinajstić information content (AvgIpc) is 2.39. The van der Waals surface area contributed by atoms with Crippen LogP contribution in [-0.2, 0) is 4.74 Å². The molecule has 18 heavy (non-hydrogen) atoms. The van der Waals surface area contributed by atoms with E-state index < -0.39 is 0 Å². The van der Waals surface area contributed by atoms with Crippen molar-refractivity contribution in [3.8, 4) is 0 Å². The summed E-state index contributed by atoms with van der Waals surface area (Å²) >= 11 is 0. The lowest BCUT2D eigenvalue weighted by Gasteiger charge is -2.29. The van der Waals surface area contributed by atoms with Gasteiger partial charge >= 0.3 is 0 Å². The molecule has 1 aromatic rings. The Morgan fingerprint density at radius 2 is 1.78 bits per heavy atom. The summed E-state index contributed by atoms with van der Waals surface area (Å²) in [6.45, 7) is 2.44. The molecule has 9 heteroatoms. The minimum Gasteiger partial charge on any atom is -0.756 e. The first-order valence-corrected chi connectivity index (χ1v) is 5.50. The van der Waals surface area contributed by atoms with Gasteiger partial charge in [-0.05, 0) is 7.05 Å². The van der Waals surface area contributed by atoms with Gasteiger partial charge < -0.3 is 19.9 Å². The third-order valence-corrected chi connectivity index (χ3v) is 2.47. The Labute approximate surface area is 104 Å². The van der Waals surface area contributed by atoms with Crippen molar-refractivity contribution in [1.82, 2.24) is 15.0 Å². The predicted molar refractivity (Wildman–Crippen MR) is 64.8 cm³/mol. The van der Waals surface area contributed by atoms with Crippen LogP contribution in [0.5, 0.6) is 0 Å². The third-order valence-electron chi connectivity index (χ3n) is 2.47. The van der Waals surface area contributed by atoms with E-state index in [1.165, 1.54) is 14.1 Å². The minimum absolute atomic E-state index is 0.0317. The van der Waals surface area contributed by atoms with Crippen molar-refractivity contribution in [2.75, 3.05) is 55.4 Å². The summed E-state index contributed by atoms with van der Waals surface area (Å²) in [5.74, 6) is 0.355. The van der Waals surface area contributed by atoms with Crippen LogP contribution in [-0.4, -0.2) is 60.6 Å². The molecule has 1 aliphatic rings. The summed E-state index contributed by atoms with van der Waals surface area (Å²) in [7, 11) is 2.67. The van der Waals surface area contributed by atoms with E-state index in [9.17, 15) is 10.4 Å². The largest absolute Gasteiger partial charge is 0.756 e. The monoisotopic (exact) mass is 255 g/mol. The zero-order chi connectivity index (χ0) is 13.1. The van der Waals surface area contributed by atoms with Crippen LogP contribution in [0.3, 0.4) is 0 Å². The highest BCUT2D eigenvalue weighted by Gasteiger charge is 2.17. The van der Waals surface area contributed by atoms with E-state index in [0.29, 0.717) is 37.3 Å². The number of nitrogens with zero attached hydrogens (tertiary/aromatic N) is 6. The molecule has 1 fully saturated rings. The summed E-state index contributed by atoms with van der Waals surface area (Å²) in [4.78, 5) is 13.9. The Morgan fingerprint density at radius 3 is 2.33 bits per heavy atom. The van der Waals surface area contributed by atoms with E-state index >= 15 is 0 Å². The van der Waals surface area contributed by atoms with Crippen LogP contribution in [0.25, 0.3) is 0 Å². The van der Waals surface area contributed by atoms with Crippen molar-refractivity contribution in [3.05, 3.63) is 5.21 Å². The summed E-state index contributed by atoms with van der Waals surface area (Å²) in [6, 6.07) is 0. The molecule has 0 saturated carbocycles. The first-order valence-electron chi connectivity index (χ1n) is 5.50. The number of morpholine rings is 1. The molecule has 1 saturated heterocycles. The molecule has 2 heterocycles. The van der Waals surface area contributed by atoms with Crippen molar-refractivity contribution >= 4 is 17.8 Å². The second kappa shape index (κ2) is 5.29. The van der Waals surface area contributed by atoms with Gasteiger partial charge in [0.1, 0.15) is 0 Å². The Hall–Kier alpha value is -1.71. The quantitative estimate of drug-likeness (QED) is 0.714. The maximum Gasteiger partial charge on any atom is 0.255 e. The summed E-state index contributed by atoms with van der Waals surface area (Å²) in [5.41, 5.74) is 0. The Morgan fingerprint density at radius 1 is 1.17 bits per heavy atom.